The maximum Gasteiger partial charge on any atom is 0.305 e. The predicted octanol–water partition coefficient (Wildman–Crippen LogP) is 5.08. The fourth-order valence-electron chi connectivity index (χ4n) is 4.97. The van der Waals surface area contributed by atoms with E-state index >= 15 is 0 Å². The molecule has 4 aromatic rings. The molecule has 0 spiro atoms. The van der Waals surface area contributed by atoms with Crippen LogP contribution in [0.1, 0.15) is 67.3 Å². The van der Waals surface area contributed by atoms with E-state index in [0.29, 0.717) is 46.0 Å². The average Bonchev–Trinajstić information content (AvgIpc) is 3.46. The summed E-state index contributed by atoms with van der Waals surface area (Å²) in [5.74, 6) is -0.702. The SMILES string of the molecule is Cc1cc(C)c2c(CC(=O)N/N=C3\CCCc4oc(C(=O)NNC(=O)c5cccc(Cl)c5)c(C)c43)coc2c1. The van der Waals surface area contributed by atoms with Crippen LogP contribution in [-0.4, -0.2) is 23.4 Å². The molecule has 2 aromatic carbocycles. The first-order valence-corrected chi connectivity index (χ1v) is 12.9. The van der Waals surface area contributed by atoms with Crippen molar-refractivity contribution >= 4 is 46.0 Å². The van der Waals surface area contributed by atoms with E-state index in [-0.39, 0.29) is 18.1 Å². The summed E-state index contributed by atoms with van der Waals surface area (Å²) in [5.41, 5.74) is 13.3. The number of carbonyl (C=O) groups excluding carboxylic acids is 3. The topological polar surface area (TPSA) is 126 Å². The summed E-state index contributed by atoms with van der Waals surface area (Å²) in [6, 6.07) is 10.4. The van der Waals surface area contributed by atoms with Gasteiger partial charge in [0.05, 0.1) is 18.4 Å². The molecule has 200 valence electrons. The summed E-state index contributed by atoms with van der Waals surface area (Å²) < 4.78 is 11.5. The first-order chi connectivity index (χ1) is 18.7. The molecule has 1 aliphatic carbocycles. The normalized spacial score (nSPS) is 13.8. The van der Waals surface area contributed by atoms with Crippen LogP contribution in [0.2, 0.25) is 5.02 Å². The maximum atomic E-state index is 12.8. The van der Waals surface area contributed by atoms with Crippen molar-refractivity contribution < 1.29 is 23.2 Å². The monoisotopic (exact) mass is 546 g/mol. The number of fused-ring (bicyclic) bond motifs is 2. The summed E-state index contributed by atoms with van der Waals surface area (Å²) >= 11 is 5.93. The van der Waals surface area contributed by atoms with Crippen molar-refractivity contribution in [2.75, 3.05) is 0 Å². The van der Waals surface area contributed by atoms with Crippen LogP contribution in [-0.2, 0) is 17.6 Å². The quantitative estimate of drug-likeness (QED) is 0.301. The lowest BCUT2D eigenvalue weighted by Crippen LogP contribution is -2.41. The van der Waals surface area contributed by atoms with E-state index in [2.05, 4.69) is 27.4 Å². The van der Waals surface area contributed by atoms with E-state index < -0.39 is 11.8 Å². The number of hydrogen-bond donors (Lipinski definition) is 3. The molecule has 3 amide bonds. The highest BCUT2D eigenvalue weighted by atomic mass is 35.5. The summed E-state index contributed by atoms with van der Waals surface area (Å²) in [6.07, 6.45) is 3.73. The Bertz CT molecular complexity index is 1650. The smallest absolute Gasteiger partial charge is 0.305 e. The molecule has 0 radical (unpaired) electrons. The van der Waals surface area contributed by atoms with Crippen molar-refractivity contribution in [3.05, 3.63) is 92.6 Å². The van der Waals surface area contributed by atoms with Crippen molar-refractivity contribution in [2.45, 2.75) is 46.5 Å². The number of hydrogen-bond acceptors (Lipinski definition) is 6. The highest BCUT2D eigenvalue weighted by Crippen LogP contribution is 2.30. The molecule has 0 fully saturated rings. The molecule has 39 heavy (non-hydrogen) atoms. The molecule has 10 heteroatoms. The third-order valence-corrected chi connectivity index (χ3v) is 6.90. The Labute approximate surface area is 229 Å². The van der Waals surface area contributed by atoms with E-state index in [0.717, 1.165) is 34.1 Å². The molecule has 0 aliphatic heterocycles. The van der Waals surface area contributed by atoms with Gasteiger partial charge in [-0.1, -0.05) is 23.7 Å². The van der Waals surface area contributed by atoms with Crippen LogP contribution in [0.25, 0.3) is 11.0 Å². The van der Waals surface area contributed by atoms with Crippen LogP contribution in [0.3, 0.4) is 0 Å². The fourth-order valence-corrected chi connectivity index (χ4v) is 5.16. The van der Waals surface area contributed by atoms with Gasteiger partial charge < -0.3 is 8.83 Å². The average molecular weight is 547 g/mol. The molecule has 2 heterocycles. The van der Waals surface area contributed by atoms with Crippen molar-refractivity contribution in [2.24, 2.45) is 5.10 Å². The van der Waals surface area contributed by atoms with Crippen LogP contribution in [0, 0.1) is 20.8 Å². The Kier molecular flexibility index (Phi) is 7.26. The lowest BCUT2D eigenvalue weighted by molar-refractivity contribution is -0.120. The van der Waals surface area contributed by atoms with Crippen molar-refractivity contribution in [3.8, 4) is 0 Å². The number of furan rings is 2. The number of carbonyl (C=O) groups is 3. The number of aryl methyl sites for hydroxylation is 3. The largest absolute Gasteiger partial charge is 0.464 e. The molecule has 0 atom stereocenters. The van der Waals surface area contributed by atoms with Crippen molar-refractivity contribution in [1.82, 2.24) is 16.3 Å². The van der Waals surface area contributed by atoms with Crippen molar-refractivity contribution in [1.29, 1.82) is 0 Å². The van der Waals surface area contributed by atoms with Gasteiger partial charge in [-0.3, -0.25) is 25.2 Å². The van der Waals surface area contributed by atoms with Gasteiger partial charge in [0.1, 0.15) is 11.3 Å². The zero-order valence-corrected chi connectivity index (χ0v) is 22.5. The summed E-state index contributed by atoms with van der Waals surface area (Å²) in [6.45, 7) is 5.75. The van der Waals surface area contributed by atoms with Crippen LogP contribution in [0.5, 0.6) is 0 Å². The molecule has 1 aliphatic rings. The first kappa shape index (κ1) is 26.2. The van der Waals surface area contributed by atoms with E-state index in [4.69, 9.17) is 20.4 Å². The number of hydrazone groups is 1. The molecule has 2 aromatic heterocycles. The Balaban J connectivity index is 1.28. The third kappa shape index (κ3) is 5.44. The van der Waals surface area contributed by atoms with Gasteiger partial charge >= 0.3 is 5.91 Å². The molecule has 5 rings (SSSR count). The van der Waals surface area contributed by atoms with Crippen molar-refractivity contribution in [3.63, 3.8) is 0 Å². The number of hydrazine groups is 1. The molecule has 0 unspecified atom stereocenters. The van der Waals surface area contributed by atoms with E-state index in [9.17, 15) is 14.4 Å². The van der Waals surface area contributed by atoms with Gasteiger partial charge in [-0.2, -0.15) is 5.10 Å². The number of nitrogens with one attached hydrogen (secondary N) is 3. The van der Waals surface area contributed by atoms with Crippen LogP contribution in [0.15, 0.2) is 56.6 Å². The second-order valence-electron chi connectivity index (χ2n) is 9.61. The zero-order chi connectivity index (χ0) is 27.7. The van der Waals surface area contributed by atoms with Crippen LogP contribution >= 0.6 is 11.6 Å². The minimum Gasteiger partial charge on any atom is -0.464 e. The van der Waals surface area contributed by atoms with Gasteiger partial charge in [0, 0.05) is 39.1 Å². The minimum absolute atomic E-state index is 0.0722. The summed E-state index contributed by atoms with van der Waals surface area (Å²) in [7, 11) is 0. The Morgan fingerprint density at radius 2 is 1.82 bits per heavy atom. The molecular weight excluding hydrogens is 520 g/mol. The lowest BCUT2D eigenvalue weighted by atomic mass is 9.93. The molecule has 0 bridgehead atoms. The predicted molar refractivity (Wildman–Crippen MR) is 147 cm³/mol. The highest BCUT2D eigenvalue weighted by molar-refractivity contribution is 6.31. The molecule has 0 saturated carbocycles. The number of rotatable bonds is 5. The summed E-state index contributed by atoms with van der Waals surface area (Å²) in [5, 5.41) is 5.74. The Morgan fingerprint density at radius 3 is 2.62 bits per heavy atom. The number of amides is 3. The van der Waals surface area contributed by atoms with E-state index in [1.165, 1.54) is 6.07 Å². The van der Waals surface area contributed by atoms with E-state index in [1.54, 1.807) is 31.4 Å². The second-order valence-corrected chi connectivity index (χ2v) is 10.0. The number of halogens is 1. The van der Waals surface area contributed by atoms with Gasteiger partial charge in [-0.05, 0) is 69.0 Å². The maximum absolute atomic E-state index is 12.8. The first-order valence-electron chi connectivity index (χ1n) is 12.5. The van der Waals surface area contributed by atoms with Gasteiger partial charge in [0.2, 0.25) is 5.91 Å². The van der Waals surface area contributed by atoms with Crippen LogP contribution < -0.4 is 16.3 Å². The molecule has 9 nitrogen and oxygen atoms in total. The van der Waals surface area contributed by atoms with Gasteiger partial charge in [0.15, 0.2) is 5.76 Å². The van der Waals surface area contributed by atoms with Gasteiger partial charge in [-0.25, -0.2) is 5.43 Å². The second kappa shape index (κ2) is 10.8. The number of benzene rings is 2. The minimum atomic E-state index is -0.599. The number of nitrogens with zero attached hydrogens (tertiary/aromatic N) is 1. The molecule has 3 N–H and O–H groups in total. The third-order valence-electron chi connectivity index (χ3n) is 6.67. The van der Waals surface area contributed by atoms with Gasteiger partial charge in [-0.15, -0.1) is 0 Å². The van der Waals surface area contributed by atoms with Gasteiger partial charge in [0.25, 0.3) is 5.91 Å². The Hall–Kier alpha value is -4.37. The molecule has 0 saturated heterocycles. The highest BCUT2D eigenvalue weighted by Gasteiger charge is 2.28. The van der Waals surface area contributed by atoms with E-state index in [1.807, 2.05) is 19.9 Å². The summed E-state index contributed by atoms with van der Waals surface area (Å²) in [4.78, 5) is 38.0. The molecular formula is C29H27ClN4O5. The van der Waals surface area contributed by atoms with Crippen LogP contribution in [0.4, 0.5) is 0 Å². The standard InChI is InChI=1S/C29H27ClN4O5/c1-15-10-16(2)25-19(14-38-23(25)11-15)13-24(35)32-31-21-8-5-9-22-26(21)17(3)27(39-22)29(37)34-33-28(36)18-6-4-7-20(30)12-18/h4,6-7,10-12,14H,5,8-9,13H2,1-3H3,(H,32,35)(H,33,36)(H,34,37)/b31-21+. The Morgan fingerprint density at radius 1 is 1.03 bits per heavy atom. The fraction of sp³-hybridized carbons (Fsp3) is 0.241. The lowest BCUT2D eigenvalue weighted by Gasteiger charge is -2.13. The zero-order valence-electron chi connectivity index (χ0n) is 21.7.